The van der Waals surface area contributed by atoms with Crippen LogP contribution in [0.3, 0.4) is 0 Å². The van der Waals surface area contributed by atoms with Gasteiger partial charge in [0.2, 0.25) is 0 Å². The monoisotopic (exact) mass is 231 g/mol. The van der Waals surface area contributed by atoms with Gasteiger partial charge in [-0.05, 0) is 46.6 Å². The van der Waals surface area contributed by atoms with Gasteiger partial charge in [0.05, 0.1) is 0 Å². The molecule has 0 spiro atoms. The van der Waals surface area contributed by atoms with E-state index < -0.39 is 0 Å². The topological polar surface area (TPSA) is 12.0 Å². The van der Waals surface area contributed by atoms with Gasteiger partial charge in [-0.25, -0.2) is 0 Å². The molecular formula is C16H25N. The number of allylic oxidation sites excluding steroid dienone is 1. The lowest BCUT2D eigenvalue weighted by molar-refractivity contribution is 0.364. The Bertz CT molecular complexity index is 353. The van der Waals surface area contributed by atoms with Crippen molar-refractivity contribution >= 4 is 0 Å². The van der Waals surface area contributed by atoms with Crippen molar-refractivity contribution in [2.24, 2.45) is 0 Å². The highest BCUT2D eigenvalue weighted by molar-refractivity contribution is 5.20. The molecule has 0 fully saturated rings. The van der Waals surface area contributed by atoms with Gasteiger partial charge < -0.3 is 5.32 Å². The van der Waals surface area contributed by atoms with Crippen LogP contribution in [0.4, 0.5) is 0 Å². The van der Waals surface area contributed by atoms with Gasteiger partial charge in [0.1, 0.15) is 0 Å². The average molecular weight is 231 g/mol. The number of hydrogen-bond donors (Lipinski definition) is 1. The minimum absolute atomic E-state index is 0.135. The maximum Gasteiger partial charge on any atom is 0.0359 e. The van der Waals surface area contributed by atoms with E-state index in [1.165, 1.54) is 11.1 Å². The standard InChI is InChI=1S/C16H25N/c1-13(2)11-12-15(17-16(3,4)5)14-9-7-6-8-10-14/h6-11,15,17H,12H2,1-5H3. The summed E-state index contributed by atoms with van der Waals surface area (Å²) >= 11 is 0. The van der Waals surface area contributed by atoms with E-state index in [1.807, 2.05) is 0 Å². The molecule has 1 atom stereocenters. The van der Waals surface area contributed by atoms with Crippen LogP contribution in [0.5, 0.6) is 0 Å². The highest BCUT2D eigenvalue weighted by Gasteiger charge is 2.17. The first kappa shape index (κ1) is 14.0. The zero-order chi connectivity index (χ0) is 12.9. The van der Waals surface area contributed by atoms with Gasteiger partial charge in [-0.3, -0.25) is 0 Å². The molecule has 1 unspecified atom stereocenters. The Labute approximate surface area is 106 Å². The molecule has 0 bridgehead atoms. The van der Waals surface area contributed by atoms with Crippen LogP contribution in [0.15, 0.2) is 42.0 Å². The first-order valence-corrected chi connectivity index (χ1v) is 6.34. The highest BCUT2D eigenvalue weighted by atomic mass is 15.0. The van der Waals surface area contributed by atoms with Crippen molar-refractivity contribution in [3.8, 4) is 0 Å². The fourth-order valence-electron chi connectivity index (χ4n) is 1.84. The summed E-state index contributed by atoms with van der Waals surface area (Å²) in [5.74, 6) is 0. The lowest BCUT2D eigenvalue weighted by Gasteiger charge is -2.28. The minimum Gasteiger partial charge on any atom is -0.305 e. The van der Waals surface area contributed by atoms with E-state index >= 15 is 0 Å². The fraction of sp³-hybridized carbons (Fsp3) is 0.500. The van der Waals surface area contributed by atoms with Gasteiger partial charge in [-0.1, -0.05) is 42.0 Å². The predicted molar refractivity (Wildman–Crippen MR) is 76.1 cm³/mol. The third-order valence-corrected chi connectivity index (χ3v) is 2.57. The molecule has 0 aliphatic heterocycles. The smallest absolute Gasteiger partial charge is 0.0359 e. The summed E-state index contributed by atoms with van der Waals surface area (Å²) in [6.45, 7) is 10.9. The van der Waals surface area contributed by atoms with E-state index in [4.69, 9.17) is 0 Å². The lowest BCUT2D eigenvalue weighted by Crippen LogP contribution is -2.38. The number of nitrogens with one attached hydrogen (secondary N) is 1. The summed E-state index contributed by atoms with van der Waals surface area (Å²) in [6, 6.07) is 11.1. The van der Waals surface area contributed by atoms with Crippen LogP contribution < -0.4 is 5.32 Å². The van der Waals surface area contributed by atoms with Crippen LogP contribution in [-0.4, -0.2) is 5.54 Å². The quantitative estimate of drug-likeness (QED) is 0.754. The second-order valence-corrected chi connectivity index (χ2v) is 5.87. The Morgan fingerprint density at radius 3 is 2.24 bits per heavy atom. The van der Waals surface area contributed by atoms with Crippen molar-refractivity contribution < 1.29 is 0 Å². The summed E-state index contributed by atoms with van der Waals surface area (Å²) in [7, 11) is 0. The van der Waals surface area contributed by atoms with Gasteiger partial charge >= 0.3 is 0 Å². The van der Waals surface area contributed by atoms with E-state index in [0.717, 1.165) is 6.42 Å². The van der Waals surface area contributed by atoms with Gasteiger partial charge in [0.15, 0.2) is 0 Å². The van der Waals surface area contributed by atoms with E-state index in [0.29, 0.717) is 6.04 Å². The largest absolute Gasteiger partial charge is 0.305 e. The SMILES string of the molecule is CC(C)=CCC(NC(C)(C)C)c1ccccc1. The van der Waals surface area contributed by atoms with E-state index in [9.17, 15) is 0 Å². The van der Waals surface area contributed by atoms with Crippen LogP contribution >= 0.6 is 0 Å². The molecule has 0 aromatic heterocycles. The molecule has 17 heavy (non-hydrogen) atoms. The zero-order valence-corrected chi connectivity index (χ0v) is 11.7. The maximum absolute atomic E-state index is 3.68. The normalized spacial score (nSPS) is 13.2. The second kappa shape index (κ2) is 6.02. The van der Waals surface area contributed by atoms with Gasteiger partial charge in [-0.2, -0.15) is 0 Å². The van der Waals surface area contributed by atoms with Crippen molar-refractivity contribution in [3.63, 3.8) is 0 Å². The van der Waals surface area contributed by atoms with Crippen LogP contribution in [0.2, 0.25) is 0 Å². The Kier molecular flexibility index (Phi) is 4.95. The van der Waals surface area contributed by atoms with Crippen molar-refractivity contribution in [1.82, 2.24) is 5.32 Å². The summed E-state index contributed by atoms with van der Waals surface area (Å²) in [5.41, 5.74) is 2.87. The first-order valence-electron chi connectivity index (χ1n) is 6.34. The Morgan fingerprint density at radius 1 is 1.18 bits per heavy atom. The summed E-state index contributed by atoms with van der Waals surface area (Å²) in [4.78, 5) is 0. The molecule has 0 amide bonds. The molecule has 0 saturated heterocycles. The molecule has 1 heteroatoms. The van der Waals surface area contributed by atoms with Crippen LogP contribution in [0.1, 0.15) is 52.6 Å². The molecule has 94 valence electrons. The molecule has 1 rings (SSSR count). The van der Waals surface area contributed by atoms with Crippen molar-refractivity contribution in [1.29, 1.82) is 0 Å². The van der Waals surface area contributed by atoms with Crippen molar-refractivity contribution in [2.75, 3.05) is 0 Å². The van der Waals surface area contributed by atoms with Crippen molar-refractivity contribution in [2.45, 2.75) is 52.6 Å². The molecule has 1 nitrogen and oxygen atoms in total. The average Bonchev–Trinajstić information content (AvgIpc) is 2.24. The predicted octanol–water partition coefficient (Wildman–Crippen LogP) is 4.47. The van der Waals surface area contributed by atoms with Gasteiger partial charge in [-0.15, -0.1) is 0 Å². The van der Waals surface area contributed by atoms with E-state index in [-0.39, 0.29) is 5.54 Å². The zero-order valence-electron chi connectivity index (χ0n) is 11.7. The highest BCUT2D eigenvalue weighted by Crippen LogP contribution is 2.21. The molecule has 1 N–H and O–H groups in total. The summed E-state index contributed by atoms with van der Waals surface area (Å²) in [5, 5.41) is 3.68. The molecule has 0 heterocycles. The van der Waals surface area contributed by atoms with Crippen LogP contribution in [-0.2, 0) is 0 Å². The minimum atomic E-state index is 0.135. The molecule has 0 radical (unpaired) electrons. The fourth-order valence-corrected chi connectivity index (χ4v) is 1.84. The third kappa shape index (κ3) is 5.69. The Hall–Kier alpha value is -1.08. The molecule has 0 saturated carbocycles. The van der Waals surface area contributed by atoms with E-state index in [2.05, 4.69) is 76.3 Å². The molecule has 1 aromatic rings. The Morgan fingerprint density at radius 2 is 1.76 bits per heavy atom. The third-order valence-electron chi connectivity index (χ3n) is 2.57. The molecule has 0 aliphatic carbocycles. The second-order valence-electron chi connectivity index (χ2n) is 5.87. The molecule has 0 aliphatic rings. The summed E-state index contributed by atoms with van der Waals surface area (Å²) < 4.78 is 0. The van der Waals surface area contributed by atoms with Gasteiger partial charge in [0, 0.05) is 11.6 Å². The summed E-state index contributed by atoms with van der Waals surface area (Å²) in [6.07, 6.45) is 3.35. The lowest BCUT2D eigenvalue weighted by atomic mass is 9.98. The van der Waals surface area contributed by atoms with Crippen LogP contribution in [0.25, 0.3) is 0 Å². The maximum atomic E-state index is 3.68. The Balaban J connectivity index is 2.83. The van der Waals surface area contributed by atoms with Crippen LogP contribution in [0, 0.1) is 0 Å². The van der Waals surface area contributed by atoms with Gasteiger partial charge in [0.25, 0.3) is 0 Å². The van der Waals surface area contributed by atoms with E-state index in [1.54, 1.807) is 0 Å². The molecule has 1 aromatic carbocycles. The number of rotatable bonds is 4. The first-order chi connectivity index (χ1) is 7.88. The number of benzene rings is 1. The van der Waals surface area contributed by atoms with Crippen molar-refractivity contribution in [3.05, 3.63) is 47.5 Å². The number of hydrogen-bond acceptors (Lipinski definition) is 1. The molecular weight excluding hydrogens is 206 g/mol.